The lowest BCUT2D eigenvalue weighted by Gasteiger charge is -2.04. The number of rotatable bonds is 3. The number of hydrogen-bond acceptors (Lipinski definition) is 2. The number of alkyl halides is 1. The molecule has 0 bridgehead atoms. The van der Waals surface area contributed by atoms with Crippen LogP contribution in [0.4, 0.5) is 0 Å². The second-order valence-corrected chi connectivity index (χ2v) is 3.58. The molecule has 1 rings (SSSR count). The first-order valence-electron chi connectivity index (χ1n) is 3.61. The van der Waals surface area contributed by atoms with Crippen molar-refractivity contribution >= 4 is 31.9 Å². The van der Waals surface area contributed by atoms with Crippen LogP contribution in [0.15, 0.2) is 16.7 Å². The molecule has 0 amide bonds. The molecule has 0 aromatic carbocycles. The molecule has 1 heterocycles. The standard InChI is InChI=1S/C8H9Br2NO/c1-2-12-6-3-7(10)8(4-9)11-5-6/h3,5H,2,4H2,1H3. The SMILES string of the molecule is CCOc1cnc(CBr)c(Br)c1. The summed E-state index contributed by atoms with van der Waals surface area (Å²) in [5, 5.41) is 0.750. The average molecular weight is 295 g/mol. The van der Waals surface area contributed by atoms with Crippen LogP contribution in [-0.2, 0) is 5.33 Å². The van der Waals surface area contributed by atoms with Crippen molar-refractivity contribution < 1.29 is 4.74 Å². The fourth-order valence-electron chi connectivity index (χ4n) is 0.793. The number of aromatic nitrogens is 1. The van der Waals surface area contributed by atoms with Crippen LogP contribution in [0.3, 0.4) is 0 Å². The van der Waals surface area contributed by atoms with Crippen molar-refractivity contribution in [2.75, 3.05) is 6.61 Å². The number of nitrogens with zero attached hydrogens (tertiary/aromatic N) is 1. The van der Waals surface area contributed by atoms with Crippen LogP contribution in [0.2, 0.25) is 0 Å². The largest absolute Gasteiger partial charge is 0.492 e. The third kappa shape index (κ3) is 2.45. The first kappa shape index (κ1) is 9.99. The van der Waals surface area contributed by atoms with Crippen molar-refractivity contribution in [1.29, 1.82) is 0 Å². The maximum Gasteiger partial charge on any atom is 0.138 e. The van der Waals surface area contributed by atoms with Gasteiger partial charge in [0.05, 0.1) is 18.5 Å². The van der Waals surface area contributed by atoms with Crippen LogP contribution in [0, 0.1) is 0 Å². The van der Waals surface area contributed by atoms with E-state index in [1.807, 2.05) is 13.0 Å². The molecule has 0 aliphatic heterocycles. The summed E-state index contributed by atoms with van der Waals surface area (Å²) >= 11 is 6.74. The molecule has 0 saturated carbocycles. The van der Waals surface area contributed by atoms with Crippen LogP contribution in [0.5, 0.6) is 5.75 Å². The number of pyridine rings is 1. The van der Waals surface area contributed by atoms with Crippen LogP contribution in [-0.4, -0.2) is 11.6 Å². The maximum absolute atomic E-state index is 5.28. The Morgan fingerprint density at radius 2 is 2.33 bits per heavy atom. The molecule has 2 nitrogen and oxygen atoms in total. The number of ether oxygens (including phenoxy) is 1. The van der Waals surface area contributed by atoms with Gasteiger partial charge in [-0.05, 0) is 28.9 Å². The fourth-order valence-corrected chi connectivity index (χ4v) is 2.08. The van der Waals surface area contributed by atoms with Gasteiger partial charge in [0.15, 0.2) is 0 Å². The van der Waals surface area contributed by atoms with Gasteiger partial charge in [-0.1, -0.05) is 15.9 Å². The summed E-state index contributed by atoms with van der Waals surface area (Å²) in [6.07, 6.45) is 1.73. The molecular weight excluding hydrogens is 286 g/mol. The van der Waals surface area contributed by atoms with Gasteiger partial charge in [0.1, 0.15) is 5.75 Å². The quantitative estimate of drug-likeness (QED) is 0.799. The van der Waals surface area contributed by atoms with E-state index in [1.54, 1.807) is 6.20 Å². The lowest BCUT2D eigenvalue weighted by molar-refractivity contribution is 0.338. The van der Waals surface area contributed by atoms with E-state index in [1.165, 1.54) is 0 Å². The van der Waals surface area contributed by atoms with E-state index < -0.39 is 0 Å². The molecule has 1 aromatic heterocycles. The van der Waals surface area contributed by atoms with Crippen molar-refractivity contribution in [3.8, 4) is 5.75 Å². The van der Waals surface area contributed by atoms with Gasteiger partial charge < -0.3 is 4.74 Å². The summed E-state index contributed by atoms with van der Waals surface area (Å²) in [6.45, 7) is 2.62. The molecule has 0 aliphatic carbocycles. The summed E-state index contributed by atoms with van der Waals surface area (Å²) in [4.78, 5) is 4.20. The van der Waals surface area contributed by atoms with E-state index >= 15 is 0 Å². The van der Waals surface area contributed by atoms with Gasteiger partial charge >= 0.3 is 0 Å². The highest BCUT2D eigenvalue weighted by atomic mass is 79.9. The average Bonchev–Trinajstić information content (AvgIpc) is 2.05. The second-order valence-electron chi connectivity index (χ2n) is 2.17. The zero-order chi connectivity index (χ0) is 8.97. The second kappa shape index (κ2) is 4.82. The molecule has 0 atom stereocenters. The molecule has 0 radical (unpaired) electrons. The molecule has 12 heavy (non-hydrogen) atoms. The van der Waals surface area contributed by atoms with E-state index in [-0.39, 0.29) is 0 Å². The summed E-state index contributed by atoms with van der Waals surface area (Å²) in [5.41, 5.74) is 0.985. The molecule has 0 spiro atoms. The Labute approximate surface area is 88.6 Å². The molecular formula is C8H9Br2NO. The van der Waals surface area contributed by atoms with Crippen molar-refractivity contribution in [3.05, 3.63) is 22.4 Å². The fraction of sp³-hybridized carbons (Fsp3) is 0.375. The maximum atomic E-state index is 5.28. The Kier molecular flexibility index (Phi) is 4.01. The Morgan fingerprint density at radius 3 is 2.83 bits per heavy atom. The Hall–Kier alpha value is -0.0900. The smallest absolute Gasteiger partial charge is 0.138 e. The predicted molar refractivity (Wildman–Crippen MR) is 55.7 cm³/mol. The number of halogens is 2. The molecule has 66 valence electrons. The highest BCUT2D eigenvalue weighted by Gasteiger charge is 2.01. The van der Waals surface area contributed by atoms with Gasteiger partial charge in [-0.3, -0.25) is 4.98 Å². The topological polar surface area (TPSA) is 22.1 Å². The molecule has 4 heteroatoms. The summed E-state index contributed by atoms with van der Waals surface area (Å²) < 4.78 is 6.26. The van der Waals surface area contributed by atoms with Crippen LogP contribution in [0.25, 0.3) is 0 Å². The van der Waals surface area contributed by atoms with Crippen molar-refractivity contribution in [2.24, 2.45) is 0 Å². The van der Waals surface area contributed by atoms with Gasteiger partial charge in [-0.2, -0.15) is 0 Å². The van der Waals surface area contributed by atoms with Crippen molar-refractivity contribution in [1.82, 2.24) is 4.98 Å². The molecule has 0 saturated heterocycles. The lowest BCUT2D eigenvalue weighted by Crippen LogP contribution is -1.94. The number of hydrogen-bond donors (Lipinski definition) is 0. The van der Waals surface area contributed by atoms with Crippen LogP contribution >= 0.6 is 31.9 Å². The Bertz CT molecular complexity index is 265. The molecule has 0 fully saturated rings. The minimum absolute atomic E-state index is 0.668. The first-order valence-corrected chi connectivity index (χ1v) is 5.52. The van der Waals surface area contributed by atoms with Gasteiger partial charge in [-0.25, -0.2) is 0 Å². The van der Waals surface area contributed by atoms with E-state index in [4.69, 9.17) is 4.74 Å². The third-order valence-corrected chi connectivity index (χ3v) is 2.55. The minimum Gasteiger partial charge on any atom is -0.492 e. The van der Waals surface area contributed by atoms with Gasteiger partial charge in [0.25, 0.3) is 0 Å². The third-order valence-electron chi connectivity index (χ3n) is 1.33. The van der Waals surface area contributed by atoms with Crippen LogP contribution in [0.1, 0.15) is 12.6 Å². The van der Waals surface area contributed by atoms with Gasteiger partial charge in [0.2, 0.25) is 0 Å². The zero-order valence-electron chi connectivity index (χ0n) is 6.68. The Balaban J connectivity index is 2.86. The first-order chi connectivity index (χ1) is 5.77. The van der Waals surface area contributed by atoms with Crippen LogP contribution < -0.4 is 4.74 Å². The molecule has 0 unspecified atom stereocenters. The molecule has 0 N–H and O–H groups in total. The summed E-state index contributed by atoms with van der Waals surface area (Å²) in [6, 6.07) is 1.92. The highest BCUT2D eigenvalue weighted by Crippen LogP contribution is 2.22. The van der Waals surface area contributed by atoms with Crippen molar-refractivity contribution in [3.63, 3.8) is 0 Å². The summed E-state index contributed by atoms with van der Waals surface area (Å²) in [7, 11) is 0. The van der Waals surface area contributed by atoms with Gasteiger partial charge in [-0.15, -0.1) is 0 Å². The Morgan fingerprint density at radius 1 is 1.58 bits per heavy atom. The zero-order valence-corrected chi connectivity index (χ0v) is 9.85. The van der Waals surface area contributed by atoms with E-state index in [0.717, 1.165) is 21.2 Å². The van der Waals surface area contributed by atoms with E-state index in [2.05, 4.69) is 36.8 Å². The predicted octanol–water partition coefficient (Wildman–Crippen LogP) is 3.14. The van der Waals surface area contributed by atoms with E-state index in [0.29, 0.717) is 6.61 Å². The summed E-state index contributed by atoms with van der Waals surface area (Å²) in [5.74, 6) is 0.800. The lowest BCUT2D eigenvalue weighted by atomic mass is 10.4. The normalized spacial score (nSPS) is 9.92. The monoisotopic (exact) mass is 293 g/mol. The minimum atomic E-state index is 0.668. The molecule has 1 aromatic rings. The van der Waals surface area contributed by atoms with E-state index in [9.17, 15) is 0 Å². The van der Waals surface area contributed by atoms with Gasteiger partial charge in [0, 0.05) is 9.80 Å². The molecule has 0 aliphatic rings. The van der Waals surface area contributed by atoms with Crippen molar-refractivity contribution in [2.45, 2.75) is 12.3 Å². The highest BCUT2D eigenvalue weighted by molar-refractivity contribution is 9.10.